The lowest BCUT2D eigenvalue weighted by molar-refractivity contribution is -0.132. The van der Waals surface area contributed by atoms with Gasteiger partial charge in [-0.3, -0.25) is 14.9 Å². The zero-order chi connectivity index (χ0) is 18.2. The summed E-state index contributed by atoms with van der Waals surface area (Å²) in [6.45, 7) is 3.30. The third kappa shape index (κ3) is 5.64. The summed E-state index contributed by atoms with van der Waals surface area (Å²) in [5.41, 5.74) is 0.711. The maximum absolute atomic E-state index is 11.9. The van der Waals surface area contributed by atoms with Crippen LogP contribution in [0.2, 0.25) is 0 Å². The molecule has 0 atom stereocenters. The molecule has 0 spiro atoms. The predicted molar refractivity (Wildman–Crippen MR) is 94.7 cm³/mol. The fourth-order valence-electron chi connectivity index (χ4n) is 1.85. The Labute approximate surface area is 149 Å². The lowest BCUT2D eigenvalue weighted by atomic mass is 10.2. The molecule has 0 saturated heterocycles. The van der Waals surface area contributed by atoms with Crippen LogP contribution < -0.4 is 14.8 Å². The summed E-state index contributed by atoms with van der Waals surface area (Å²) in [6, 6.07) is 4.96. The van der Waals surface area contributed by atoms with Crippen LogP contribution in [0.25, 0.3) is 6.08 Å². The Morgan fingerprint density at radius 1 is 1.36 bits per heavy atom. The van der Waals surface area contributed by atoms with Crippen LogP contribution in [0.1, 0.15) is 19.4 Å². The molecule has 1 heterocycles. The highest BCUT2D eigenvalue weighted by Crippen LogP contribution is 2.28. The highest BCUT2D eigenvalue weighted by Gasteiger charge is 2.08. The number of thioether (sulfide) groups is 1. The van der Waals surface area contributed by atoms with Crippen molar-refractivity contribution >= 4 is 35.7 Å². The second-order valence-corrected chi connectivity index (χ2v) is 5.96. The predicted octanol–water partition coefficient (Wildman–Crippen LogP) is 2.50. The number of carbonyl (C=O) groups excluding carboxylic acids is 2. The minimum absolute atomic E-state index is 0.286. The van der Waals surface area contributed by atoms with Crippen molar-refractivity contribution in [2.24, 2.45) is 0 Å². The van der Waals surface area contributed by atoms with Gasteiger partial charge in [0.1, 0.15) is 0 Å². The van der Waals surface area contributed by atoms with E-state index in [9.17, 15) is 9.59 Å². The van der Waals surface area contributed by atoms with Crippen molar-refractivity contribution in [2.45, 2.75) is 19.0 Å². The van der Waals surface area contributed by atoms with Crippen molar-refractivity contribution in [3.05, 3.63) is 29.8 Å². The first-order valence-corrected chi connectivity index (χ1v) is 8.41. The molecule has 0 bridgehead atoms. The number of nitrogens with one attached hydrogen (secondary N) is 2. The van der Waals surface area contributed by atoms with Crippen molar-refractivity contribution < 1.29 is 19.1 Å². The van der Waals surface area contributed by atoms with Gasteiger partial charge in [0.25, 0.3) is 5.91 Å². The second-order valence-electron chi connectivity index (χ2n) is 4.73. The third-order valence-corrected chi connectivity index (χ3v) is 3.58. The van der Waals surface area contributed by atoms with Crippen LogP contribution in [0.4, 0.5) is 5.95 Å². The molecule has 0 aliphatic carbocycles. The Morgan fingerprint density at radius 2 is 2.16 bits per heavy atom. The maximum atomic E-state index is 11.9. The van der Waals surface area contributed by atoms with Gasteiger partial charge in [0.05, 0.1) is 7.11 Å². The van der Waals surface area contributed by atoms with Gasteiger partial charge in [-0.2, -0.15) is 4.98 Å². The fourth-order valence-corrected chi connectivity index (χ4v) is 2.38. The monoisotopic (exact) mass is 362 g/mol. The molecular formula is C16H18N4O4S. The minimum atomic E-state index is -0.436. The van der Waals surface area contributed by atoms with E-state index in [1.807, 2.05) is 6.92 Å². The number of aromatic nitrogens is 3. The van der Waals surface area contributed by atoms with Gasteiger partial charge in [-0.05, 0) is 29.5 Å². The summed E-state index contributed by atoms with van der Waals surface area (Å²) in [4.78, 5) is 27.1. The Morgan fingerprint density at radius 3 is 2.84 bits per heavy atom. The molecule has 1 aromatic carbocycles. The average Bonchev–Trinajstić information content (AvgIpc) is 3.00. The van der Waals surface area contributed by atoms with Crippen LogP contribution in [0, 0.1) is 0 Å². The van der Waals surface area contributed by atoms with Gasteiger partial charge < -0.3 is 9.47 Å². The molecule has 2 N–H and O–H groups in total. The van der Waals surface area contributed by atoms with Crippen molar-refractivity contribution in [1.82, 2.24) is 15.2 Å². The molecule has 0 aliphatic heterocycles. The van der Waals surface area contributed by atoms with E-state index in [0.29, 0.717) is 22.2 Å². The molecule has 2 aromatic rings. The zero-order valence-corrected chi connectivity index (χ0v) is 14.8. The third-order valence-electron chi connectivity index (χ3n) is 2.85. The minimum Gasteiger partial charge on any atom is -0.493 e. The number of carbonyl (C=O) groups is 2. The molecule has 0 radical (unpaired) electrons. The summed E-state index contributed by atoms with van der Waals surface area (Å²) in [7, 11) is 1.47. The second kappa shape index (κ2) is 8.88. The molecule has 132 valence electrons. The number of ether oxygens (including phenoxy) is 2. The average molecular weight is 362 g/mol. The quantitative estimate of drug-likeness (QED) is 0.337. The van der Waals surface area contributed by atoms with Crippen LogP contribution in [-0.2, 0) is 9.59 Å². The number of aromatic amines is 1. The molecule has 9 heteroatoms. The van der Waals surface area contributed by atoms with E-state index in [-0.39, 0.29) is 11.9 Å². The Balaban J connectivity index is 2.02. The number of amides is 1. The first-order chi connectivity index (χ1) is 12.0. The zero-order valence-electron chi connectivity index (χ0n) is 14.0. The number of rotatable bonds is 7. The first kappa shape index (κ1) is 18.5. The lowest BCUT2D eigenvalue weighted by Gasteiger charge is -2.08. The number of esters is 1. The van der Waals surface area contributed by atoms with E-state index >= 15 is 0 Å². The molecule has 25 heavy (non-hydrogen) atoms. The summed E-state index contributed by atoms with van der Waals surface area (Å²) in [6.07, 6.45) is 2.96. The summed E-state index contributed by atoms with van der Waals surface area (Å²) >= 11 is 1.47. The van der Waals surface area contributed by atoms with Crippen molar-refractivity contribution in [2.75, 3.05) is 18.2 Å². The topological polar surface area (TPSA) is 106 Å². The van der Waals surface area contributed by atoms with Crippen LogP contribution in [-0.4, -0.2) is 39.9 Å². The smallest absolute Gasteiger partial charge is 0.308 e. The van der Waals surface area contributed by atoms with Gasteiger partial charge in [0.15, 0.2) is 11.5 Å². The SMILES string of the molecule is CCSc1n[nH]c(NC(=O)/C=C/c2ccc(OC(C)=O)c(OC)c2)n1. The molecule has 0 aliphatic rings. The summed E-state index contributed by atoms with van der Waals surface area (Å²) in [5, 5.41) is 9.78. The number of hydrogen-bond donors (Lipinski definition) is 2. The van der Waals surface area contributed by atoms with E-state index in [0.717, 1.165) is 5.75 Å². The van der Waals surface area contributed by atoms with Gasteiger partial charge in [-0.25, -0.2) is 5.10 Å². The molecule has 0 saturated carbocycles. The lowest BCUT2D eigenvalue weighted by Crippen LogP contribution is -2.09. The van der Waals surface area contributed by atoms with E-state index in [1.165, 1.54) is 31.9 Å². The Bertz CT molecular complexity index is 788. The first-order valence-electron chi connectivity index (χ1n) is 7.42. The van der Waals surface area contributed by atoms with Gasteiger partial charge in [-0.15, -0.1) is 5.10 Å². The van der Waals surface area contributed by atoms with E-state index in [2.05, 4.69) is 20.5 Å². The molecule has 1 aromatic heterocycles. The van der Waals surface area contributed by atoms with Crippen molar-refractivity contribution in [3.63, 3.8) is 0 Å². The number of benzene rings is 1. The summed E-state index contributed by atoms with van der Waals surface area (Å²) < 4.78 is 10.2. The van der Waals surface area contributed by atoms with Crippen molar-refractivity contribution in [1.29, 1.82) is 0 Å². The van der Waals surface area contributed by atoms with E-state index < -0.39 is 5.97 Å². The van der Waals surface area contributed by atoms with Gasteiger partial charge in [-0.1, -0.05) is 24.8 Å². The maximum Gasteiger partial charge on any atom is 0.308 e. The van der Waals surface area contributed by atoms with Crippen LogP contribution in [0.3, 0.4) is 0 Å². The molecule has 0 fully saturated rings. The van der Waals surface area contributed by atoms with Crippen LogP contribution in [0.5, 0.6) is 11.5 Å². The van der Waals surface area contributed by atoms with E-state index in [1.54, 1.807) is 24.3 Å². The normalized spacial score (nSPS) is 10.7. The number of H-pyrrole nitrogens is 1. The Kier molecular flexibility index (Phi) is 6.58. The highest BCUT2D eigenvalue weighted by molar-refractivity contribution is 7.99. The van der Waals surface area contributed by atoms with Gasteiger partial charge in [0.2, 0.25) is 11.1 Å². The molecule has 2 rings (SSSR count). The van der Waals surface area contributed by atoms with Gasteiger partial charge >= 0.3 is 5.97 Å². The van der Waals surface area contributed by atoms with E-state index in [4.69, 9.17) is 9.47 Å². The number of anilines is 1. The van der Waals surface area contributed by atoms with Crippen molar-refractivity contribution in [3.8, 4) is 11.5 Å². The number of methoxy groups -OCH3 is 1. The van der Waals surface area contributed by atoms with Crippen LogP contribution in [0.15, 0.2) is 29.4 Å². The molecular weight excluding hydrogens is 344 g/mol. The fraction of sp³-hybridized carbons (Fsp3) is 0.250. The molecule has 8 nitrogen and oxygen atoms in total. The number of hydrogen-bond acceptors (Lipinski definition) is 7. The Hall–Kier alpha value is -2.81. The molecule has 0 unspecified atom stereocenters. The number of nitrogens with zero attached hydrogens (tertiary/aromatic N) is 2. The van der Waals surface area contributed by atoms with Gasteiger partial charge in [0, 0.05) is 13.0 Å². The van der Waals surface area contributed by atoms with Crippen LogP contribution >= 0.6 is 11.8 Å². The standard InChI is InChI=1S/C16H18N4O4S/c1-4-25-16-18-15(19-20-16)17-14(22)8-6-11-5-7-12(24-10(2)21)13(9-11)23-3/h5-9H,4H2,1-3H3,(H2,17,18,19,20,22)/b8-6+. The molecule has 1 amide bonds. The summed E-state index contributed by atoms with van der Waals surface area (Å²) in [5.74, 6) is 1.05. The highest BCUT2D eigenvalue weighted by atomic mass is 32.2. The largest absolute Gasteiger partial charge is 0.493 e.